The van der Waals surface area contributed by atoms with E-state index in [1.54, 1.807) is 0 Å². The molecule has 1 aromatic rings. The van der Waals surface area contributed by atoms with Crippen LogP contribution in [0.15, 0.2) is 24.3 Å². The van der Waals surface area contributed by atoms with Gasteiger partial charge in [-0.3, -0.25) is 14.9 Å². The minimum Gasteiger partial charge on any atom is -0.406 e. The molecule has 0 amide bonds. The van der Waals surface area contributed by atoms with Gasteiger partial charge in [0.05, 0.1) is 0 Å². The molecule has 0 bridgehead atoms. The lowest BCUT2D eigenvalue weighted by Gasteiger charge is -2.28. The first-order valence-electron chi connectivity index (χ1n) is 6.30. The second-order valence-corrected chi connectivity index (χ2v) is 4.82. The van der Waals surface area contributed by atoms with E-state index in [9.17, 15) is 28.1 Å². The Morgan fingerprint density at radius 2 is 2.00 bits per heavy atom. The number of Topliss-reactive ketones (excluding diaryl/α,β-unsaturated/α-hetero) is 1. The van der Waals surface area contributed by atoms with Crippen molar-refractivity contribution in [1.29, 1.82) is 0 Å². The summed E-state index contributed by atoms with van der Waals surface area (Å²) < 4.78 is 40.4. The van der Waals surface area contributed by atoms with E-state index in [1.807, 2.05) is 0 Å². The summed E-state index contributed by atoms with van der Waals surface area (Å²) in [5.74, 6) is -1.15. The molecule has 1 aliphatic carbocycles. The SMILES string of the molecule is O=C1CCCCC1(c1cccc(OC(F)(F)F)c1)[N+](=O)[O-]. The molecular weight excluding hydrogens is 291 g/mol. The van der Waals surface area contributed by atoms with Crippen LogP contribution in [0, 0.1) is 10.1 Å². The van der Waals surface area contributed by atoms with Gasteiger partial charge in [-0.15, -0.1) is 13.2 Å². The number of alkyl halides is 3. The van der Waals surface area contributed by atoms with Gasteiger partial charge in [-0.05, 0) is 25.0 Å². The van der Waals surface area contributed by atoms with Crippen LogP contribution in [-0.4, -0.2) is 17.1 Å². The summed E-state index contributed by atoms with van der Waals surface area (Å²) in [4.78, 5) is 22.7. The summed E-state index contributed by atoms with van der Waals surface area (Å²) in [5.41, 5.74) is -2.04. The van der Waals surface area contributed by atoms with Crippen LogP contribution in [0.3, 0.4) is 0 Å². The average Bonchev–Trinajstić information content (AvgIpc) is 2.37. The van der Waals surface area contributed by atoms with Gasteiger partial charge in [0.1, 0.15) is 5.75 Å². The predicted octanol–water partition coefficient (Wildman–Crippen LogP) is 3.20. The van der Waals surface area contributed by atoms with E-state index in [4.69, 9.17) is 0 Å². The highest BCUT2D eigenvalue weighted by atomic mass is 19.4. The lowest BCUT2D eigenvalue weighted by atomic mass is 9.76. The van der Waals surface area contributed by atoms with Gasteiger partial charge in [-0.25, -0.2) is 0 Å². The van der Waals surface area contributed by atoms with Crippen molar-refractivity contribution in [3.05, 3.63) is 39.9 Å². The molecule has 0 radical (unpaired) electrons. The molecule has 1 atom stereocenters. The second kappa shape index (κ2) is 5.34. The topological polar surface area (TPSA) is 69.4 Å². The molecule has 1 aliphatic rings. The number of halogens is 3. The molecule has 0 heterocycles. The lowest BCUT2D eigenvalue weighted by molar-refractivity contribution is -0.563. The van der Waals surface area contributed by atoms with Crippen molar-refractivity contribution in [2.75, 3.05) is 0 Å². The zero-order chi connectivity index (χ0) is 15.7. The zero-order valence-corrected chi connectivity index (χ0v) is 10.9. The number of nitrogens with zero attached hydrogens (tertiary/aromatic N) is 1. The van der Waals surface area contributed by atoms with E-state index in [-0.39, 0.29) is 18.4 Å². The van der Waals surface area contributed by atoms with Gasteiger partial charge in [0.2, 0.25) is 5.78 Å². The number of hydrogen-bond acceptors (Lipinski definition) is 4. The van der Waals surface area contributed by atoms with Gasteiger partial charge in [0.15, 0.2) is 0 Å². The number of carbonyl (C=O) groups excluding carboxylic acids is 1. The molecule has 1 saturated carbocycles. The van der Waals surface area contributed by atoms with Crippen molar-refractivity contribution in [3.8, 4) is 5.75 Å². The van der Waals surface area contributed by atoms with Crippen molar-refractivity contribution >= 4 is 5.78 Å². The van der Waals surface area contributed by atoms with Crippen LogP contribution in [0.1, 0.15) is 31.2 Å². The van der Waals surface area contributed by atoms with Crippen LogP contribution in [0.2, 0.25) is 0 Å². The third-order valence-electron chi connectivity index (χ3n) is 3.51. The number of ether oxygens (including phenoxy) is 1. The van der Waals surface area contributed by atoms with Crippen molar-refractivity contribution in [2.45, 2.75) is 37.6 Å². The van der Waals surface area contributed by atoms with E-state index in [0.29, 0.717) is 12.8 Å². The maximum Gasteiger partial charge on any atom is 0.573 e. The van der Waals surface area contributed by atoms with E-state index in [0.717, 1.165) is 12.1 Å². The molecule has 114 valence electrons. The molecule has 0 aliphatic heterocycles. The van der Waals surface area contributed by atoms with Gasteiger partial charge >= 0.3 is 11.9 Å². The monoisotopic (exact) mass is 303 g/mol. The Morgan fingerprint density at radius 3 is 2.57 bits per heavy atom. The molecule has 0 spiro atoms. The molecule has 0 saturated heterocycles. The van der Waals surface area contributed by atoms with E-state index >= 15 is 0 Å². The molecule has 8 heteroatoms. The second-order valence-electron chi connectivity index (χ2n) is 4.82. The Labute approximate surface area is 117 Å². The molecule has 0 aromatic heterocycles. The van der Waals surface area contributed by atoms with E-state index in [2.05, 4.69) is 4.74 Å². The van der Waals surface area contributed by atoms with Gasteiger partial charge in [0, 0.05) is 23.3 Å². The molecule has 1 fully saturated rings. The fraction of sp³-hybridized carbons (Fsp3) is 0.462. The summed E-state index contributed by atoms with van der Waals surface area (Å²) in [6.07, 6.45) is -3.85. The number of rotatable bonds is 3. The molecule has 1 aromatic carbocycles. The highest BCUT2D eigenvalue weighted by Crippen LogP contribution is 2.39. The number of ketones is 1. The quantitative estimate of drug-likeness (QED) is 0.635. The van der Waals surface area contributed by atoms with Crippen molar-refractivity contribution in [2.24, 2.45) is 0 Å². The minimum absolute atomic E-state index is 0.0195. The highest BCUT2D eigenvalue weighted by Gasteiger charge is 2.53. The third kappa shape index (κ3) is 2.98. The molecule has 5 nitrogen and oxygen atoms in total. The smallest absolute Gasteiger partial charge is 0.406 e. The first-order chi connectivity index (χ1) is 9.75. The van der Waals surface area contributed by atoms with Crippen LogP contribution in [0.4, 0.5) is 13.2 Å². The number of hydrogen-bond donors (Lipinski definition) is 0. The molecular formula is C13H12F3NO4. The maximum atomic E-state index is 12.2. The third-order valence-corrected chi connectivity index (χ3v) is 3.51. The fourth-order valence-corrected chi connectivity index (χ4v) is 2.57. The summed E-state index contributed by atoms with van der Waals surface area (Å²) in [6, 6.07) is 4.45. The Kier molecular flexibility index (Phi) is 3.89. The summed E-state index contributed by atoms with van der Waals surface area (Å²) >= 11 is 0. The minimum atomic E-state index is -4.89. The normalized spacial score (nSPS) is 22.9. The van der Waals surface area contributed by atoms with Crippen LogP contribution in [-0.2, 0) is 10.3 Å². The number of benzene rings is 1. The molecule has 1 unspecified atom stereocenters. The van der Waals surface area contributed by atoms with E-state index in [1.165, 1.54) is 12.1 Å². The summed E-state index contributed by atoms with van der Waals surface area (Å²) in [5, 5.41) is 11.4. The molecule has 21 heavy (non-hydrogen) atoms. The van der Waals surface area contributed by atoms with E-state index < -0.39 is 28.4 Å². The van der Waals surface area contributed by atoms with Gasteiger partial charge in [0.25, 0.3) is 0 Å². The maximum absolute atomic E-state index is 12.2. The van der Waals surface area contributed by atoms with Crippen LogP contribution in [0.25, 0.3) is 0 Å². The fourth-order valence-electron chi connectivity index (χ4n) is 2.57. The van der Waals surface area contributed by atoms with Crippen molar-refractivity contribution in [3.63, 3.8) is 0 Å². The predicted molar refractivity (Wildman–Crippen MR) is 65.3 cm³/mol. The Morgan fingerprint density at radius 1 is 1.29 bits per heavy atom. The van der Waals surface area contributed by atoms with Crippen molar-refractivity contribution in [1.82, 2.24) is 0 Å². The van der Waals surface area contributed by atoms with Gasteiger partial charge in [-0.2, -0.15) is 0 Å². The van der Waals surface area contributed by atoms with Gasteiger partial charge < -0.3 is 4.74 Å². The lowest BCUT2D eigenvalue weighted by Crippen LogP contribution is -2.45. The average molecular weight is 303 g/mol. The van der Waals surface area contributed by atoms with Crippen molar-refractivity contribution < 1.29 is 27.6 Å². The standard InChI is InChI=1S/C13H12F3NO4/c14-13(15,16)21-10-5-3-4-9(8-10)12(17(19)20)7-2-1-6-11(12)18/h3-5,8H,1-2,6-7H2. The number of nitro groups is 1. The largest absolute Gasteiger partial charge is 0.573 e. The first-order valence-corrected chi connectivity index (χ1v) is 6.30. The Balaban J connectivity index is 2.44. The summed E-state index contributed by atoms with van der Waals surface area (Å²) in [6.45, 7) is 0. The van der Waals surface area contributed by atoms with Crippen LogP contribution >= 0.6 is 0 Å². The van der Waals surface area contributed by atoms with Crippen LogP contribution < -0.4 is 4.74 Å². The summed E-state index contributed by atoms with van der Waals surface area (Å²) in [7, 11) is 0. The molecule has 2 rings (SSSR count). The Hall–Kier alpha value is -2.12. The Bertz CT molecular complexity index is 573. The highest BCUT2D eigenvalue weighted by molar-refractivity contribution is 5.89. The zero-order valence-electron chi connectivity index (χ0n) is 10.9. The molecule has 0 N–H and O–H groups in total. The number of carbonyl (C=O) groups is 1. The van der Waals surface area contributed by atoms with Gasteiger partial charge in [-0.1, -0.05) is 12.1 Å². The first kappa shape index (κ1) is 15.3. The van der Waals surface area contributed by atoms with Crippen LogP contribution in [0.5, 0.6) is 5.75 Å².